The molecule has 0 bridgehead atoms. The van der Waals surface area contributed by atoms with Crippen LogP contribution in [0.25, 0.3) is 0 Å². The Labute approximate surface area is 108 Å². The van der Waals surface area contributed by atoms with Crippen LogP contribution < -0.4 is 4.74 Å². The van der Waals surface area contributed by atoms with Gasteiger partial charge in [0.25, 0.3) is 0 Å². The fourth-order valence-electron chi connectivity index (χ4n) is 1.28. The standard InChI is InChI=1S/C12H16Br2O/c1-10-5-6-11(14)9-12(10)15-8-4-2-3-7-13/h5-6,9H,2-4,7-8H2,1H3. The summed E-state index contributed by atoms with van der Waals surface area (Å²) in [6.45, 7) is 2.88. The number of ether oxygens (including phenoxy) is 1. The molecule has 0 fully saturated rings. The molecule has 0 aliphatic rings. The molecule has 0 N–H and O–H groups in total. The third-order valence-electron chi connectivity index (χ3n) is 2.19. The highest BCUT2D eigenvalue weighted by Crippen LogP contribution is 2.23. The lowest BCUT2D eigenvalue weighted by atomic mass is 10.2. The van der Waals surface area contributed by atoms with Crippen molar-refractivity contribution in [2.45, 2.75) is 26.2 Å². The van der Waals surface area contributed by atoms with Crippen LogP contribution in [0.3, 0.4) is 0 Å². The molecule has 1 aromatic carbocycles. The van der Waals surface area contributed by atoms with Gasteiger partial charge in [0.05, 0.1) is 6.61 Å². The summed E-state index contributed by atoms with van der Waals surface area (Å²) in [4.78, 5) is 0. The van der Waals surface area contributed by atoms with E-state index in [9.17, 15) is 0 Å². The maximum Gasteiger partial charge on any atom is 0.123 e. The van der Waals surface area contributed by atoms with Crippen LogP contribution in [0, 0.1) is 6.92 Å². The summed E-state index contributed by atoms with van der Waals surface area (Å²) in [5.41, 5.74) is 1.19. The van der Waals surface area contributed by atoms with E-state index in [4.69, 9.17) is 4.74 Å². The van der Waals surface area contributed by atoms with Crippen molar-refractivity contribution in [1.82, 2.24) is 0 Å². The topological polar surface area (TPSA) is 9.23 Å². The Morgan fingerprint density at radius 3 is 2.73 bits per heavy atom. The summed E-state index contributed by atoms with van der Waals surface area (Å²) in [5.74, 6) is 0.989. The van der Waals surface area contributed by atoms with Gasteiger partial charge in [0, 0.05) is 9.80 Å². The number of hydrogen-bond donors (Lipinski definition) is 0. The zero-order chi connectivity index (χ0) is 11.1. The average molecular weight is 336 g/mol. The number of benzene rings is 1. The molecule has 0 saturated heterocycles. The van der Waals surface area contributed by atoms with E-state index in [0.717, 1.165) is 28.6 Å². The van der Waals surface area contributed by atoms with Crippen LogP contribution >= 0.6 is 31.9 Å². The zero-order valence-electron chi connectivity index (χ0n) is 8.93. The Morgan fingerprint density at radius 1 is 1.20 bits per heavy atom. The lowest BCUT2D eigenvalue weighted by molar-refractivity contribution is 0.304. The normalized spacial score (nSPS) is 10.3. The summed E-state index contributed by atoms with van der Waals surface area (Å²) in [5, 5.41) is 1.09. The van der Waals surface area contributed by atoms with Crippen molar-refractivity contribution >= 4 is 31.9 Å². The van der Waals surface area contributed by atoms with Gasteiger partial charge in [-0.3, -0.25) is 0 Å². The molecule has 0 radical (unpaired) electrons. The zero-order valence-corrected chi connectivity index (χ0v) is 12.1. The first-order valence-electron chi connectivity index (χ1n) is 5.19. The minimum Gasteiger partial charge on any atom is -0.493 e. The first-order chi connectivity index (χ1) is 7.24. The second-order valence-electron chi connectivity index (χ2n) is 3.51. The van der Waals surface area contributed by atoms with Gasteiger partial charge < -0.3 is 4.74 Å². The van der Waals surface area contributed by atoms with Gasteiger partial charge in [-0.05, 0) is 43.9 Å². The van der Waals surface area contributed by atoms with Gasteiger partial charge in [-0.15, -0.1) is 0 Å². The predicted molar refractivity (Wildman–Crippen MR) is 72.0 cm³/mol. The number of unbranched alkanes of at least 4 members (excludes halogenated alkanes) is 2. The molecule has 84 valence electrons. The quantitative estimate of drug-likeness (QED) is 0.540. The van der Waals surface area contributed by atoms with E-state index in [0.29, 0.717) is 0 Å². The summed E-state index contributed by atoms with van der Waals surface area (Å²) < 4.78 is 6.79. The Bertz CT molecular complexity index is 300. The fraction of sp³-hybridized carbons (Fsp3) is 0.500. The molecule has 0 atom stereocenters. The van der Waals surface area contributed by atoms with E-state index < -0.39 is 0 Å². The number of hydrogen-bond acceptors (Lipinski definition) is 1. The van der Waals surface area contributed by atoms with Gasteiger partial charge in [0.15, 0.2) is 0 Å². The lowest BCUT2D eigenvalue weighted by Crippen LogP contribution is -1.98. The lowest BCUT2D eigenvalue weighted by Gasteiger charge is -2.09. The van der Waals surface area contributed by atoms with Crippen molar-refractivity contribution in [3.05, 3.63) is 28.2 Å². The van der Waals surface area contributed by atoms with Crippen molar-refractivity contribution < 1.29 is 4.74 Å². The molecular weight excluding hydrogens is 320 g/mol. The second-order valence-corrected chi connectivity index (χ2v) is 5.22. The first kappa shape index (κ1) is 13.0. The first-order valence-corrected chi connectivity index (χ1v) is 7.10. The maximum atomic E-state index is 5.72. The number of aryl methyl sites for hydroxylation is 1. The monoisotopic (exact) mass is 334 g/mol. The largest absolute Gasteiger partial charge is 0.493 e. The molecular formula is C12H16Br2O. The molecule has 3 heteroatoms. The molecule has 15 heavy (non-hydrogen) atoms. The van der Waals surface area contributed by atoms with Gasteiger partial charge in [-0.1, -0.05) is 37.9 Å². The molecule has 0 spiro atoms. The fourth-order valence-corrected chi connectivity index (χ4v) is 2.02. The summed E-state index contributed by atoms with van der Waals surface area (Å²) >= 11 is 6.86. The second kappa shape index (κ2) is 7.29. The summed E-state index contributed by atoms with van der Waals surface area (Å²) in [6.07, 6.45) is 3.57. The maximum absolute atomic E-state index is 5.72. The van der Waals surface area contributed by atoms with E-state index >= 15 is 0 Å². The van der Waals surface area contributed by atoms with Crippen LogP contribution in [-0.2, 0) is 0 Å². The molecule has 0 amide bonds. The highest BCUT2D eigenvalue weighted by Gasteiger charge is 1.99. The molecule has 0 aromatic heterocycles. The van der Waals surface area contributed by atoms with Crippen LogP contribution in [0.2, 0.25) is 0 Å². The molecule has 0 aliphatic carbocycles. The van der Waals surface area contributed by atoms with Crippen molar-refractivity contribution in [2.75, 3.05) is 11.9 Å². The smallest absolute Gasteiger partial charge is 0.123 e. The number of rotatable bonds is 6. The van der Waals surface area contributed by atoms with E-state index in [1.165, 1.54) is 18.4 Å². The Morgan fingerprint density at radius 2 is 2.00 bits per heavy atom. The van der Waals surface area contributed by atoms with Crippen LogP contribution in [0.4, 0.5) is 0 Å². The van der Waals surface area contributed by atoms with Gasteiger partial charge in [-0.2, -0.15) is 0 Å². The van der Waals surface area contributed by atoms with E-state index in [2.05, 4.69) is 44.8 Å². The highest BCUT2D eigenvalue weighted by atomic mass is 79.9. The summed E-state index contributed by atoms with van der Waals surface area (Å²) in [6, 6.07) is 6.13. The Balaban J connectivity index is 2.33. The van der Waals surface area contributed by atoms with E-state index in [1.807, 2.05) is 12.1 Å². The van der Waals surface area contributed by atoms with Gasteiger partial charge >= 0.3 is 0 Å². The van der Waals surface area contributed by atoms with Gasteiger partial charge in [0.2, 0.25) is 0 Å². The average Bonchev–Trinajstić information content (AvgIpc) is 2.23. The van der Waals surface area contributed by atoms with E-state index in [1.54, 1.807) is 0 Å². The molecule has 0 aliphatic heterocycles. The van der Waals surface area contributed by atoms with Crippen LogP contribution in [-0.4, -0.2) is 11.9 Å². The third kappa shape index (κ3) is 5.03. The molecule has 1 nitrogen and oxygen atoms in total. The van der Waals surface area contributed by atoms with Crippen molar-refractivity contribution in [3.8, 4) is 5.75 Å². The van der Waals surface area contributed by atoms with Crippen LogP contribution in [0.1, 0.15) is 24.8 Å². The van der Waals surface area contributed by atoms with E-state index in [-0.39, 0.29) is 0 Å². The number of alkyl halides is 1. The minimum absolute atomic E-state index is 0.810. The molecule has 1 rings (SSSR count). The van der Waals surface area contributed by atoms with Crippen LogP contribution in [0.15, 0.2) is 22.7 Å². The van der Waals surface area contributed by atoms with Gasteiger partial charge in [0.1, 0.15) is 5.75 Å². The van der Waals surface area contributed by atoms with Gasteiger partial charge in [-0.25, -0.2) is 0 Å². The minimum atomic E-state index is 0.810. The Hall–Kier alpha value is -0.0200. The third-order valence-corrected chi connectivity index (χ3v) is 3.24. The van der Waals surface area contributed by atoms with Crippen LogP contribution in [0.5, 0.6) is 5.75 Å². The van der Waals surface area contributed by atoms with Crippen molar-refractivity contribution in [2.24, 2.45) is 0 Å². The Kier molecular flexibility index (Phi) is 6.34. The molecule has 1 aromatic rings. The highest BCUT2D eigenvalue weighted by molar-refractivity contribution is 9.10. The van der Waals surface area contributed by atoms with Crippen molar-refractivity contribution in [3.63, 3.8) is 0 Å². The molecule has 0 unspecified atom stereocenters. The van der Waals surface area contributed by atoms with Crippen molar-refractivity contribution in [1.29, 1.82) is 0 Å². The number of halogens is 2. The molecule has 0 saturated carbocycles. The molecule has 0 heterocycles. The predicted octanol–water partition coefficient (Wildman–Crippen LogP) is 4.70. The summed E-state index contributed by atoms with van der Waals surface area (Å²) in [7, 11) is 0. The SMILES string of the molecule is Cc1ccc(Br)cc1OCCCCCBr.